The van der Waals surface area contributed by atoms with Gasteiger partial charge in [-0.1, -0.05) is 24.2 Å². The van der Waals surface area contributed by atoms with E-state index in [0.717, 1.165) is 31.2 Å². The third-order valence-electron chi connectivity index (χ3n) is 5.03. The maximum atomic E-state index is 13.1. The van der Waals surface area contributed by atoms with Gasteiger partial charge in [0.15, 0.2) is 0 Å². The Morgan fingerprint density at radius 1 is 1.13 bits per heavy atom. The van der Waals surface area contributed by atoms with E-state index in [2.05, 4.69) is 15.5 Å². The van der Waals surface area contributed by atoms with Crippen LogP contribution in [0.15, 0.2) is 39.9 Å². The summed E-state index contributed by atoms with van der Waals surface area (Å²) in [5, 5.41) is 15.7. The molecule has 0 aliphatic carbocycles. The van der Waals surface area contributed by atoms with Crippen LogP contribution in [0.5, 0.6) is 5.75 Å². The van der Waals surface area contributed by atoms with Gasteiger partial charge in [-0.3, -0.25) is 10.1 Å². The van der Waals surface area contributed by atoms with Crippen LogP contribution in [0.25, 0.3) is 10.6 Å². The molecule has 0 spiro atoms. The molecule has 3 aromatic rings. The van der Waals surface area contributed by atoms with Crippen LogP contribution in [0, 0.1) is 0 Å². The van der Waals surface area contributed by atoms with Gasteiger partial charge < -0.3 is 4.74 Å². The molecule has 31 heavy (non-hydrogen) atoms. The molecule has 0 radical (unpaired) electrons. The second-order valence-corrected chi connectivity index (χ2v) is 10.8. The molecule has 2 aromatic heterocycles. The summed E-state index contributed by atoms with van der Waals surface area (Å²) in [5.41, 5.74) is 1.07. The highest BCUT2D eigenvalue weighted by molar-refractivity contribution is 7.89. The SMILES string of the molecule is COc1ccc(S(=O)(=O)N2CCCCCC2)cc1C(=O)Nc1nnc(-c2ccsc2)s1. The lowest BCUT2D eigenvalue weighted by Crippen LogP contribution is -2.32. The maximum absolute atomic E-state index is 13.1. The molecular formula is C20H22N4O4S3. The Kier molecular flexibility index (Phi) is 6.65. The van der Waals surface area contributed by atoms with Gasteiger partial charge in [-0.25, -0.2) is 8.42 Å². The van der Waals surface area contributed by atoms with Crippen molar-refractivity contribution < 1.29 is 17.9 Å². The number of rotatable bonds is 6. The molecule has 164 valence electrons. The first-order valence-electron chi connectivity index (χ1n) is 9.84. The number of methoxy groups -OCH3 is 1. The lowest BCUT2D eigenvalue weighted by atomic mass is 10.2. The number of aromatic nitrogens is 2. The van der Waals surface area contributed by atoms with E-state index >= 15 is 0 Å². The van der Waals surface area contributed by atoms with E-state index in [4.69, 9.17) is 4.74 Å². The fourth-order valence-corrected chi connectivity index (χ4v) is 6.39. The molecule has 0 bridgehead atoms. The molecule has 1 N–H and O–H groups in total. The minimum atomic E-state index is -3.69. The average molecular weight is 479 g/mol. The number of ether oxygens (including phenoxy) is 1. The molecule has 0 unspecified atom stereocenters. The summed E-state index contributed by atoms with van der Waals surface area (Å²) >= 11 is 2.80. The van der Waals surface area contributed by atoms with Gasteiger partial charge in [-0.2, -0.15) is 15.6 Å². The van der Waals surface area contributed by atoms with Crippen molar-refractivity contribution in [3.8, 4) is 16.3 Å². The van der Waals surface area contributed by atoms with Crippen molar-refractivity contribution in [1.29, 1.82) is 0 Å². The summed E-state index contributed by atoms with van der Waals surface area (Å²) in [6, 6.07) is 6.29. The summed E-state index contributed by atoms with van der Waals surface area (Å²) in [6.07, 6.45) is 3.73. The van der Waals surface area contributed by atoms with Crippen molar-refractivity contribution in [3.05, 3.63) is 40.6 Å². The van der Waals surface area contributed by atoms with Gasteiger partial charge in [0.1, 0.15) is 10.8 Å². The molecule has 8 nitrogen and oxygen atoms in total. The number of anilines is 1. The first kappa shape index (κ1) is 21.9. The Bertz CT molecular complexity index is 1150. The normalized spacial score (nSPS) is 15.4. The third kappa shape index (κ3) is 4.79. The van der Waals surface area contributed by atoms with Crippen molar-refractivity contribution in [3.63, 3.8) is 0 Å². The second-order valence-electron chi connectivity index (χ2n) is 7.06. The van der Waals surface area contributed by atoms with Gasteiger partial charge in [0.05, 0.1) is 17.6 Å². The van der Waals surface area contributed by atoms with Gasteiger partial charge in [-0.05, 0) is 42.5 Å². The van der Waals surface area contributed by atoms with Crippen molar-refractivity contribution in [1.82, 2.24) is 14.5 Å². The number of carbonyl (C=O) groups is 1. The standard InChI is InChI=1S/C20H22N4O4S3/c1-28-17-7-6-15(31(26,27)24-9-4-2-3-5-10-24)12-16(17)18(25)21-20-23-22-19(30-20)14-8-11-29-13-14/h6-8,11-13H,2-5,9-10H2,1H3,(H,21,23,25). The van der Waals surface area contributed by atoms with Crippen LogP contribution in [0.3, 0.4) is 0 Å². The van der Waals surface area contributed by atoms with Crippen molar-refractivity contribution in [2.24, 2.45) is 0 Å². The fourth-order valence-electron chi connectivity index (χ4n) is 3.40. The van der Waals surface area contributed by atoms with Crippen LogP contribution in [-0.4, -0.2) is 49.0 Å². The lowest BCUT2D eigenvalue weighted by Gasteiger charge is -2.20. The number of carbonyl (C=O) groups excluding carboxylic acids is 1. The quantitative estimate of drug-likeness (QED) is 0.573. The van der Waals surface area contributed by atoms with E-state index < -0.39 is 15.9 Å². The summed E-state index contributed by atoms with van der Waals surface area (Å²) in [7, 11) is -2.25. The number of nitrogens with zero attached hydrogens (tertiary/aromatic N) is 3. The molecule has 1 saturated heterocycles. The number of thiophene rings is 1. The second kappa shape index (κ2) is 9.43. The van der Waals surface area contributed by atoms with E-state index in [-0.39, 0.29) is 16.2 Å². The van der Waals surface area contributed by atoms with E-state index in [1.807, 2.05) is 16.8 Å². The fraction of sp³-hybridized carbons (Fsp3) is 0.350. The van der Waals surface area contributed by atoms with Gasteiger partial charge in [-0.15, -0.1) is 10.2 Å². The number of hydrogen-bond acceptors (Lipinski definition) is 8. The average Bonchev–Trinajstić information content (AvgIpc) is 3.39. The summed E-state index contributed by atoms with van der Waals surface area (Å²) < 4.78 is 33.1. The highest BCUT2D eigenvalue weighted by atomic mass is 32.2. The molecular weight excluding hydrogens is 456 g/mol. The van der Waals surface area contributed by atoms with Crippen LogP contribution in [0.1, 0.15) is 36.0 Å². The Labute approximate surface area is 188 Å². The minimum Gasteiger partial charge on any atom is -0.496 e. The molecule has 11 heteroatoms. The largest absolute Gasteiger partial charge is 0.496 e. The van der Waals surface area contributed by atoms with Crippen LogP contribution < -0.4 is 10.1 Å². The molecule has 1 fully saturated rings. The van der Waals surface area contributed by atoms with Crippen LogP contribution >= 0.6 is 22.7 Å². The Balaban J connectivity index is 1.59. The van der Waals surface area contributed by atoms with E-state index in [1.54, 1.807) is 11.3 Å². The number of nitrogens with one attached hydrogen (secondary N) is 1. The number of hydrogen-bond donors (Lipinski definition) is 1. The zero-order chi connectivity index (χ0) is 21.8. The number of amides is 1. The first-order valence-corrected chi connectivity index (χ1v) is 13.0. The smallest absolute Gasteiger partial charge is 0.261 e. The Morgan fingerprint density at radius 2 is 1.90 bits per heavy atom. The molecule has 1 aliphatic rings. The zero-order valence-electron chi connectivity index (χ0n) is 16.9. The molecule has 1 aromatic carbocycles. The highest BCUT2D eigenvalue weighted by Gasteiger charge is 2.27. The lowest BCUT2D eigenvalue weighted by molar-refractivity contribution is 0.102. The predicted molar refractivity (Wildman–Crippen MR) is 121 cm³/mol. The zero-order valence-corrected chi connectivity index (χ0v) is 19.4. The summed E-state index contributed by atoms with van der Waals surface area (Å²) in [6.45, 7) is 0.984. The first-order chi connectivity index (χ1) is 15.0. The van der Waals surface area contributed by atoms with Gasteiger partial charge in [0.2, 0.25) is 15.2 Å². The molecule has 4 rings (SSSR count). The number of sulfonamides is 1. The Morgan fingerprint density at radius 3 is 2.58 bits per heavy atom. The van der Waals surface area contributed by atoms with Crippen LogP contribution in [0.4, 0.5) is 5.13 Å². The molecule has 1 aliphatic heterocycles. The minimum absolute atomic E-state index is 0.0802. The van der Waals surface area contributed by atoms with Crippen molar-refractivity contribution >= 4 is 43.7 Å². The van der Waals surface area contributed by atoms with Crippen molar-refractivity contribution in [2.45, 2.75) is 30.6 Å². The van der Waals surface area contributed by atoms with E-state index in [1.165, 1.54) is 41.0 Å². The van der Waals surface area contributed by atoms with Gasteiger partial charge in [0.25, 0.3) is 5.91 Å². The molecule has 1 amide bonds. The number of benzene rings is 1. The predicted octanol–water partition coefficient (Wildman–Crippen LogP) is 4.09. The van der Waals surface area contributed by atoms with Gasteiger partial charge in [0, 0.05) is 24.0 Å². The summed E-state index contributed by atoms with van der Waals surface area (Å²) in [5.74, 6) is -0.215. The maximum Gasteiger partial charge on any atom is 0.261 e. The van der Waals surface area contributed by atoms with Gasteiger partial charge >= 0.3 is 0 Å². The van der Waals surface area contributed by atoms with Crippen LogP contribution in [0.2, 0.25) is 0 Å². The highest BCUT2D eigenvalue weighted by Crippen LogP contribution is 2.30. The molecule has 3 heterocycles. The van der Waals surface area contributed by atoms with Crippen LogP contribution in [-0.2, 0) is 10.0 Å². The van der Waals surface area contributed by atoms with E-state index in [9.17, 15) is 13.2 Å². The van der Waals surface area contributed by atoms with E-state index in [0.29, 0.717) is 23.2 Å². The summed E-state index contributed by atoms with van der Waals surface area (Å²) in [4.78, 5) is 13.0. The topological polar surface area (TPSA) is 101 Å². The molecule has 0 saturated carbocycles. The third-order valence-corrected chi connectivity index (χ3v) is 8.50. The van der Waals surface area contributed by atoms with Crippen molar-refractivity contribution in [2.75, 3.05) is 25.5 Å². The molecule has 0 atom stereocenters. The Hall–Kier alpha value is -2.34. The monoisotopic (exact) mass is 478 g/mol.